The Hall–Kier alpha value is -1.27. The predicted molar refractivity (Wildman–Crippen MR) is 97.0 cm³/mol. The van der Waals surface area contributed by atoms with Gasteiger partial charge in [0.25, 0.3) is 0 Å². The Labute approximate surface area is 143 Å². The molecule has 0 bridgehead atoms. The second-order valence-electron chi connectivity index (χ2n) is 5.20. The van der Waals surface area contributed by atoms with Crippen LogP contribution in [0, 0.1) is 0 Å². The van der Waals surface area contributed by atoms with Crippen LogP contribution in [0.5, 0.6) is 5.75 Å². The number of anilines is 1. The zero-order valence-corrected chi connectivity index (χ0v) is 15.2. The van der Waals surface area contributed by atoms with Crippen molar-refractivity contribution in [3.63, 3.8) is 0 Å². The van der Waals surface area contributed by atoms with Crippen molar-refractivity contribution < 1.29 is 9.90 Å². The minimum Gasteiger partial charge on any atom is -0.508 e. The number of unbranched alkanes of at least 4 members (excludes halogenated alkanes) is 1. The minimum atomic E-state index is -0.465. The van der Waals surface area contributed by atoms with Gasteiger partial charge < -0.3 is 15.7 Å². The Bertz CT molecular complexity index is 426. The normalized spacial score (nSPS) is 10.3. The van der Waals surface area contributed by atoms with Crippen molar-refractivity contribution >= 4 is 28.7 Å². The van der Waals surface area contributed by atoms with Crippen LogP contribution in [0.2, 0.25) is 0 Å². The number of nitrogens with zero attached hydrogens (tertiary/aromatic N) is 2. The SMILES string of the molecule is Br.CCCCN(CCC)CCN(C(N)=O)c1ccc(O)cc1. The first kappa shape index (κ1) is 20.7. The van der Waals surface area contributed by atoms with Crippen molar-refractivity contribution in [3.05, 3.63) is 24.3 Å². The molecule has 0 saturated carbocycles. The molecule has 0 unspecified atom stereocenters. The van der Waals surface area contributed by atoms with Gasteiger partial charge in [-0.05, 0) is 50.2 Å². The smallest absolute Gasteiger partial charge is 0.319 e. The molecular formula is C16H28BrN3O2. The van der Waals surface area contributed by atoms with E-state index in [1.165, 1.54) is 0 Å². The number of carbonyl (C=O) groups excluding carboxylic acids is 1. The van der Waals surface area contributed by atoms with Crippen LogP contribution >= 0.6 is 17.0 Å². The molecule has 0 atom stereocenters. The van der Waals surface area contributed by atoms with Crippen LogP contribution in [-0.4, -0.2) is 42.2 Å². The Morgan fingerprint density at radius 3 is 2.18 bits per heavy atom. The molecule has 0 radical (unpaired) electrons. The van der Waals surface area contributed by atoms with Gasteiger partial charge in [-0.25, -0.2) is 4.79 Å². The lowest BCUT2D eigenvalue weighted by atomic mass is 10.2. The van der Waals surface area contributed by atoms with Crippen LogP contribution in [0.25, 0.3) is 0 Å². The lowest BCUT2D eigenvalue weighted by Crippen LogP contribution is -2.42. The van der Waals surface area contributed by atoms with Crippen LogP contribution in [0.3, 0.4) is 0 Å². The molecular weight excluding hydrogens is 346 g/mol. The van der Waals surface area contributed by atoms with Gasteiger partial charge in [0.15, 0.2) is 0 Å². The molecule has 1 aromatic rings. The number of phenols is 1. The van der Waals surface area contributed by atoms with E-state index < -0.39 is 6.03 Å². The molecule has 0 fully saturated rings. The molecule has 126 valence electrons. The first-order chi connectivity index (χ1) is 10.1. The molecule has 0 saturated heterocycles. The number of nitrogens with two attached hydrogens (primary N) is 1. The van der Waals surface area contributed by atoms with Gasteiger partial charge >= 0.3 is 6.03 Å². The summed E-state index contributed by atoms with van der Waals surface area (Å²) >= 11 is 0. The van der Waals surface area contributed by atoms with Gasteiger partial charge in [-0.15, -0.1) is 17.0 Å². The monoisotopic (exact) mass is 373 g/mol. The molecule has 0 aliphatic carbocycles. The molecule has 3 N–H and O–H groups in total. The van der Waals surface area contributed by atoms with Crippen molar-refractivity contribution in [2.45, 2.75) is 33.1 Å². The highest BCUT2D eigenvalue weighted by Crippen LogP contribution is 2.18. The van der Waals surface area contributed by atoms with Crippen molar-refractivity contribution in [2.75, 3.05) is 31.1 Å². The Kier molecular flexibility index (Phi) is 10.7. The third kappa shape index (κ3) is 7.13. The van der Waals surface area contributed by atoms with E-state index in [9.17, 15) is 9.90 Å². The van der Waals surface area contributed by atoms with Crippen molar-refractivity contribution in [3.8, 4) is 5.75 Å². The average Bonchev–Trinajstić information content (AvgIpc) is 2.46. The third-order valence-corrected chi connectivity index (χ3v) is 3.43. The summed E-state index contributed by atoms with van der Waals surface area (Å²) in [5.41, 5.74) is 6.19. The second-order valence-corrected chi connectivity index (χ2v) is 5.20. The van der Waals surface area contributed by atoms with Crippen LogP contribution in [0.4, 0.5) is 10.5 Å². The summed E-state index contributed by atoms with van der Waals surface area (Å²) < 4.78 is 0. The lowest BCUT2D eigenvalue weighted by molar-refractivity contribution is 0.248. The largest absolute Gasteiger partial charge is 0.508 e. The van der Waals surface area contributed by atoms with E-state index in [4.69, 9.17) is 5.73 Å². The Morgan fingerprint density at radius 2 is 1.68 bits per heavy atom. The maximum atomic E-state index is 11.6. The quantitative estimate of drug-likeness (QED) is 0.696. The zero-order valence-electron chi connectivity index (χ0n) is 13.5. The number of halogens is 1. The fourth-order valence-electron chi connectivity index (χ4n) is 2.27. The molecule has 22 heavy (non-hydrogen) atoms. The molecule has 1 rings (SSSR count). The number of hydrogen-bond acceptors (Lipinski definition) is 3. The second kappa shape index (κ2) is 11.3. The number of urea groups is 1. The first-order valence-electron chi connectivity index (χ1n) is 7.66. The van der Waals surface area contributed by atoms with E-state index >= 15 is 0 Å². The van der Waals surface area contributed by atoms with Crippen molar-refractivity contribution in [1.29, 1.82) is 0 Å². The van der Waals surface area contributed by atoms with Crippen LogP contribution < -0.4 is 10.6 Å². The zero-order chi connectivity index (χ0) is 15.7. The number of primary amides is 1. The highest BCUT2D eigenvalue weighted by Gasteiger charge is 2.14. The Balaban J connectivity index is 0.00000441. The van der Waals surface area contributed by atoms with E-state index in [1.54, 1.807) is 29.2 Å². The summed E-state index contributed by atoms with van der Waals surface area (Å²) in [6.45, 7) is 7.78. The minimum absolute atomic E-state index is 0. The highest BCUT2D eigenvalue weighted by atomic mass is 79.9. The summed E-state index contributed by atoms with van der Waals surface area (Å²) in [4.78, 5) is 15.5. The molecule has 0 spiro atoms. The molecule has 0 heterocycles. The van der Waals surface area contributed by atoms with E-state index in [0.717, 1.165) is 38.9 Å². The highest BCUT2D eigenvalue weighted by molar-refractivity contribution is 8.93. The van der Waals surface area contributed by atoms with Crippen molar-refractivity contribution in [1.82, 2.24) is 4.90 Å². The van der Waals surface area contributed by atoms with E-state index in [-0.39, 0.29) is 22.7 Å². The number of amides is 2. The first-order valence-corrected chi connectivity index (χ1v) is 7.66. The van der Waals surface area contributed by atoms with E-state index in [2.05, 4.69) is 18.7 Å². The van der Waals surface area contributed by atoms with Gasteiger partial charge in [0.05, 0.1) is 0 Å². The van der Waals surface area contributed by atoms with Crippen LogP contribution in [0.15, 0.2) is 24.3 Å². The molecule has 0 aliphatic rings. The van der Waals surface area contributed by atoms with Gasteiger partial charge in [0.1, 0.15) is 5.75 Å². The number of phenolic OH excluding ortho intramolecular Hbond substituents is 1. The van der Waals surface area contributed by atoms with Crippen LogP contribution in [0.1, 0.15) is 33.1 Å². The molecule has 1 aromatic carbocycles. The van der Waals surface area contributed by atoms with Gasteiger partial charge in [-0.1, -0.05) is 20.3 Å². The van der Waals surface area contributed by atoms with Gasteiger partial charge in [-0.3, -0.25) is 4.90 Å². The number of carbonyl (C=O) groups is 1. The number of hydrogen-bond donors (Lipinski definition) is 2. The van der Waals surface area contributed by atoms with Gasteiger partial charge in [-0.2, -0.15) is 0 Å². The van der Waals surface area contributed by atoms with E-state index in [1.807, 2.05) is 0 Å². The van der Waals surface area contributed by atoms with Gasteiger partial charge in [0, 0.05) is 18.8 Å². The maximum absolute atomic E-state index is 11.6. The molecule has 2 amide bonds. The summed E-state index contributed by atoms with van der Waals surface area (Å²) in [7, 11) is 0. The molecule has 0 aromatic heterocycles. The number of aromatic hydroxyl groups is 1. The molecule has 0 aliphatic heterocycles. The molecule has 5 nitrogen and oxygen atoms in total. The maximum Gasteiger partial charge on any atom is 0.319 e. The summed E-state index contributed by atoms with van der Waals surface area (Å²) in [6.07, 6.45) is 3.42. The van der Waals surface area contributed by atoms with Crippen LogP contribution in [-0.2, 0) is 0 Å². The van der Waals surface area contributed by atoms with E-state index in [0.29, 0.717) is 12.2 Å². The fourth-order valence-corrected chi connectivity index (χ4v) is 2.27. The fraction of sp³-hybridized carbons (Fsp3) is 0.562. The summed E-state index contributed by atoms with van der Waals surface area (Å²) in [5.74, 6) is 0.179. The molecule has 6 heteroatoms. The summed E-state index contributed by atoms with van der Waals surface area (Å²) in [6, 6.07) is 6.07. The third-order valence-electron chi connectivity index (χ3n) is 3.43. The summed E-state index contributed by atoms with van der Waals surface area (Å²) in [5, 5.41) is 9.32. The van der Waals surface area contributed by atoms with Crippen molar-refractivity contribution in [2.24, 2.45) is 5.73 Å². The predicted octanol–water partition coefficient (Wildman–Crippen LogP) is 3.37. The average molecular weight is 374 g/mol. The number of benzene rings is 1. The number of rotatable bonds is 9. The Morgan fingerprint density at radius 1 is 1.05 bits per heavy atom. The topological polar surface area (TPSA) is 69.8 Å². The van der Waals surface area contributed by atoms with Gasteiger partial charge in [0.2, 0.25) is 0 Å². The standard InChI is InChI=1S/C16H27N3O2.BrH/c1-3-5-11-18(10-4-2)12-13-19(16(17)21)14-6-8-15(20)9-7-14;/h6-9,20H,3-5,10-13H2,1-2H3,(H2,17,21);1H. The lowest BCUT2D eigenvalue weighted by Gasteiger charge is -2.26.